The number of likely N-dealkylation sites (N-methyl/N-ethyl adjacent to an activating group) is 1. The number of hydrogen-bond donors (Lipinski definition) is 2. The summed E-state index contributed by atoms with van der Waals surface area (Å²) in [6.45, 7) is 4.02. The number of benzene rings is 1. The standard InChI is InChI=1S/C13H22FN3O2S/c1-4-15-10-11-5-6-12(14)13(9-11)20(18,19)16-7-8-17(2)3/h5-6,9,15-16H,4,7-8,10H2,1-3H3. The molecule has 0 saturated heterocycles. The van der Waals surface area contributed by atoms with Crippen LogP contribution in [0.25, 0.3) is 0 Å². The number of nitrogens with one attached hydrogen (secondary N) is 2. The molecule has 0 saturated carbocycles. The van der Waals surface area contributed by atoms with Gasteiger partial charge in [-0.3, -0.25) is 0 Å². The highest BCUT2D eigenvalue weighted by molar-refractivity contribution is 7.89. The first kappa shape index (κ1) is 17.0. The first-order chi connectivity index (χ1) is 9.36. The summed E-state index contributed by atoms with van der Waals surface area (Å²) in [4.78, 5) is 1.55. The number of halogens is 1. The molecule has 1 aromatic carbocycles. The third-order valence-corrected chi connectivity index (χ3v) is 4.19. The molecule has 0 atom stereocenters. The van der Waals surface area contributed by atoms with Crippen molar-refractivity contribution >= 4 is 10.0 Å². The van der Waals surface area contributed by atoms with E-state index in [1.54, 1.807) is 6.07 Å². The van der Waals surface area contributed by atoms with Gasteiger partial charge in [0.1, 0.15) is 10.7 Å². The van der Waals surface area contributed by atoms with Crippen LogP contribution in [0.2, 0.25) is 0 Å². The van der Waals surface area contributed by atoms with Crippen LogP contribution in [0, 0.1) is 5.82 Å². The van der Waals surface area contributed by atoms with Crippen LogP contribution in [0.15, 0.2) is 23.1 Å². The van der Waals surface area contributed by atoms with Gasteiger partial charge in [0.15, 0.2) is 0 Å². The van der Waals surface area contributed by atoms with Crippen molar-refractivity contribution in [1.82, 2.24) is 14.9 Å². The number of nitrogens with zero attached hydrogens (tertiary/aromatic N) is 1. The van der Waals surface area contributed by atoms with E-state index in [4.69, 9.17) is 0 Å². The maximum Gasteiger partial charge on any atom is 0.243 e. The lowest BCUT2D eigenvalue weighted by Gasteiger charge is -2.12. The minimum atomic E-state index is -3.81. The largest absolute Gasteiger partial charge is 0.313 e. The Hall–Kier alpha value is -1.02. The van der Waals surface area contributed by atoms with Crippen molar-refractivity contribution < 1.29 is 12.8 Å². The van der Waals surface area contributed by atoms with Crippen LogP contribution in [0.4, 0.5) is 4.39 Å². The smallest absolute Gasteiger partial charge is 0.243 e. The summed E-state index contributed by atoms with van der Waals surface area (Å²) in [6, 6.07) is 4.14. The molecule has 0 spiro atoms. The zero-order chi connectivity index (χ0) is 15.2. The van der Waals surface area contributed by atoms with Crippen LogP contribution in [0.1, 0.15) is 12.5 Å². The van der Waals surface area contributed by atoms with Gasteiger partial charge in [-0.1, -0.05) is 13.0 Å². The van der Waals surface area contributed by atoms with E-state index in [9.17, 15) is 12.8 Å². The van der Waals surface area contributed by atoms with Gasteiger partial charge in [0.2, 0.25) is 10.0 Å². The predicted molar refractivity (Wildman–Crippen MR) is 77.5 cm³/mol. The van der Waals surface area contributed by atoms with Crippen LogP contribution in [-0.2, 0) is 16.6 Å². The molecule has 0 bridgehead atoms. The van der Waals surface area contributed by atoms with Crippen molar-refractivity contribution in [3.63, 3.8) is 0 Å². The molecule has 1 aromatic rings. The van der Waals surface area contributed by atoms with E-state index < -0.39 is 15.8 Å². The van der Waals surface area contributed by atoms with E-state index in [-0.39, 0.29) is 11.4 Å². The van der Waals surface area contributed by atoms with Crippen molar-refractivity contribution in [2.75, 3.05) is 33.7 Å². The quantitative estimate of drug-likeness (QED) is 0.745. The summed E-state index contributed by atoms with van der Waals surface area (Å²) in [5, 5.41) is 3.08. The second-order valence-corrected chi connectivity index (χ2v) is 6.48. The van der Waals surface area contributed by atoms with E-state index in [2.05, 4.69) is 10.0 Å². The molecular weight excluding hydrogens is 281 g/mol. The third kappa shape index (κ3) is 5.16. The topological polar surface area (TPSA) is 61.4 Å². The Balaban J connectivity index is 2.87. The molecule has 0 fully saturated rings. The fraction of sp³-hybridized carbons (Fsp3) is 0.538. The van der Waals surface area contributed by atoms with Crippen molar-refractivity contribution in [1.29, 1.82) is 0 Å². The van der Waals surface area contributed by atoms with Gasteiger partial charge >= 0.3 is 0 Å². The van der Waals surface area contributed by atoms with Crippen LogP contribution in [0.5, 0.6) is 0 Å². The molecule has 0 aliphatic carbocycles. The van der Waals surface area contributed by atoms with Crippen molar-refractivity contribution in [2.45, 2.75) is 18.4 Å². The van der Waals surface area contributed by atoms with Gasteiger partial charge in [-0.2, -0.15) is 0 Å². The lowest BCUT2D eigenvalue weighted by molar-refractivity contribution is 0.412. The number of sulfonamides is 1. The van der Waals surface area contributed by atoms with Crippen LogP contribution < -0.4 is 10.0 Å². The second-order valence-electron chi connectivity index (χ2n) is 4.75. The van der Waals surface area contributed by atoms with Gasteiger partial charge in [0, 0.05) is 19.6 Å². The second kappa shape index (κ2) is 7.68. The Morgan fingerprint density at radius 3 is 2.60 bits per heavy atom. The highest BCUT2D eigenvalue weighted by Crippen LogP contribution is 2.16. The normalized spacial score (nSPS) is 12.1. The summed E-state index contributed by atoms with van der Waals surface area (Å²) in [5.74, 6) is -0.734. The summed E-state index contributed by atoms with van der Waals surface area (Å²) in [7, 11) is -0.135. The molecule has 0 aromatic heterocycles. The Bertz CT molecular complexity index is 532. The summed E-state index contributed by atoms with van der Waals surface area (Å²) in [5.41, 5.74) is 0.737. The van der Waals surface area contributed by atoms with E-state index in [0.29, 0.717) is 13.1 Å². The van der Waals surface area contributed by atoms with E-state index in [1.807, 2.05) is 25.9 Å². The molecule has 0 unspecified atom stereocenters. The lowest BCUT2D eigenvalue weighted by atomic mass is 10.2. The monoisotopic (exact) mass is 303 g/mol. The summed E-state index contributed by atoms with van der Waals surface area (Å²) >= 11 is 0. The minimum Gasteiger partial charge on any atom is -0.313 e. The average Bonchev–Trinajstić information content (AvgIpc) is 2.36. The fourth-order valence-electron chi connectivity index (χ4n) is 1.61. The zero-order valence-corrected chi connectivity index (χ0v) is 12.9. The highest BCUT2D eigenvalue weighted by Gasteiger charge is 2.19. The highest BCUT2D eigenvalue weighted by atomic mass is 32.2. The molecule has 0 amide bonds. The van der Waals surface area contributed by atoms with E-state index in [1.165, 1.54) is 12.1 Å². The maximum absolute atomic E-state index is 13.7. The predicted octanol–water partition coefficient (Wildman–Crippen LogP) is 0.775. The van der Waals surface area contributed by atoms with Crippen molar-refractivity contribution in [3.05, 3.63) is 29.6 Å². The van der Waals surface area contributed by atoms with Gasteiger partial charge in [-0.15, -0.1) is 0 Å². The van der Waals surface area contributed by atoms with Crippen LogP contribution in [0.3, 0.4) is 0 Å². The Morgan fingerprint density at radius 2 is 2.00 bits per heavy atom. The zero-order valence-electron chi connectivity index (χ0n) is 12.1. The Morgan fingerprint density at radius 1 is 1.30 bits per heavy atom. The number of hydrogen-bond acceptors (Lipinski definition) is 4. The molecule has 0 heterocycles. The van der Waals surface area contributed by atoms with Crippen molar-refractivity contribution in [3.8, 4) is 0 Å². The first-order valence-corrected chi connectivity index (χ1v) is 7.98. The molecule has 0 aliphatic heterocycles. The summed E-state index contributed by atoms with van der Waals surface area (Å²) < 4.78 is 40.3. The Kier molecular flexibility index (Phi) is 6.54. The van der Waals surface area contributed by atoms with Gasteiger partial charge in [0.05, 0.1) is 0 Å². The molecule has 20 heavy (non-hydrogen) atoms. The van der Waals surface area contributed by atoms with Crippen LogP contribution >= 0.6 is 0 Å². The molecule has 0 aliphatic rings. The fourth-order valence-corrected chi connectivity index (χ4v) is 2.76. The van der Waals surface area contributed by atoms with Gasteiger partial charge in [-0.05, 0) is 38.3 Å². The molecule has 114 valence electrons. The maximum atomic E-state index is 13.7. The molecular formula is C13H22FN3O2S. The van der Waals surface area contributed by atoms with E-state index in [0.717, 1.165) is 12.1 Å². The minimum absolute atomic E-state index is 0.242. The summed E-state index contributed by atoms with van der Waals surface area (Å²) in [6.07, 6.45) is 0. The van der Waals surface area contributed by atoms with Crippen LogP contribution in [-0.4, -0.2) is 47.0 Å². The van der Waals surface area contributed by atoms with Gasteiger partial charge in [0.25, 0.3) is 0 Å². The Labute approximate surface area is 120 Å². The van der Waals surface area contributed by atoms with Gasteiger partial charge < -0.3 is 10.2 Å². The number of rotatable bonds is 8. The van der Waals surface area contributed by atoms with Gasteiger partial charge in [-0.25, -0.2) is 17.5 Å². The lowest BCUT2D eigenvalue weighted by Crippen LogP contribution is -2.32. The molecule has 2 N–H and O–H groups in total. The first-order valence-electron chi connectivity index (χ1n) is 6.50. The molecule has 5 nitrogen and oxygen atoms in total. The van der Waals surface area contributed by atoms with E-state index >= 15 is 0 Å². The molecule has 1 rings (SSSR count). The average molecular weight is 303 g/mol. The molecule has 0 radical (unpaired) electrons. The van der Waals surface area contributed by atoms with Crippen molar-refractivity contribution in [2.24, 2.45) is 0 Å². The molecule has 7 heteroatoms. The SMILES string of the molecule is CCNCc1ccc(F)c(S(=O)(=O)NCCN(C)C)c1. The third-order valence-electron chi connectivity index (χ3n) is 2.72.